The van der Waals surface area contributed by atoms with E-state index < -0.39 is 6.10 Å². The first-order chi connectivity index (χ1) is 32.0. The Morgan fingerprint density at radius 2 is 0.585 bits per heavy atom. The number of hydrogen-bond donors (Lipinski definition) is 0. The van der Waals surface area contributed by atoms with Crippen LogP contribution in [0.2, 0.25) is 0 Å². The van der Waals surface area contributed by atoms with Gasteiger partial charge < -0.3 is 14.2 Å². The number of allylic oxidation sites excluding steroid dienone is 12. The molecule has 0 saturated carbocycles. The Bertz CT molecular complexity index is 1230. The molecule has 0 amide bonds. The average molecular weight is 907 g/mol. The topological polar surface area (TPSA) is 78.9 Å². The molecule has 0 aromatic rings. The zero-order valence-electron chi connectivity index (χ0n) is 42.7. The molecule has 0 rings (SSSR count). The van der Waals surface area contributed by atoms with Gasteiger partial charge >= 0.3 is 17.9 Å². The molecular formula is C59H102O6. The summed E-state index contributed by atoms with van der Waals surface area (Å²) in [7, 11) is 0. The number of unbranched alkanes of at least 4 members (excludes halogenated alkanes) is 26. The maximum absolute atomic E-state index is 12.8. The van der Waals surface area contributed by atoms with Crippen LogP contribution in [0.3, 0.4) is 0 Å². The van der Waals surface area contributed by atoms with Crippen molar-refractivity contribution in [2.75, 3.05) is 13.2 Å². The van der Waals surface area contributed by atoms with Gasteiger partial charge in [0.1, 0.15) is 13.2 Å². The molecule has 0 heterocycles. The van der Waals surface area contributed by atoms with E-state index in [4.69, 9.17) is 14.2 Å². The monoisotopic (exact) mass is 907 g/mol. The molecule has 0 radical (unpaired) electrons. The maximum atomic E-state index is 12.8. The molecule has 0 aliphatic heterocycles. The first-order valence-electron chi connectivity index (χ1n) is 27.4. The Labute approximate surface area is 402 Å². The minimum atomic E-state index is -0.805. The zero-order valence-corrected chi connectivity index (χ0v) is 42.7. The van der Waals surface area contributed by atoms with Gasteiger partial charge in [-0.25, -0.2) is 0 Å². The van der Waals surface area contributed by atoms with Crippen LogP contribution in [0.5, 0.6) is 0 Å². The van der Waals surface area contributed by atoms with Gasteiger partial charge in [-0.05, 0) is 103 Å². The summed E-state index contributed by atoms with van der Waals surface area (Å²) >= 11 is 0. The van der Waals surface area contributed by atoms with Crippen molar-refractivity contribution >= 4 is 17.9 Å². The normalized spacial score (nSPS) is 12.6. The van der Waals surface area contributed by atoms with Crippen molar-refractivity contribution in [2.45, 2.75) is 271 Å². The molecule has 0 saturated heterocycles. The molecule has 1 atom stereocenters. The molecule has 0 aliphatic rings. The first kappa shape index (κ1) is 61.9. The van der Waals surface area contributed by atoms with Gasteiger partial charge in [0, 0.05) is 19.3 Å². The van der Waals surface area contributed by atoms with E-state index in [1.807, 2.05) is 6.08 Å². The van der Waals surface area contributed by atoms with Crippen LogP contribution in [-0.2, 0) is 28.6 Å². The van der Waals surface area contributed by atoms with E-state index in [-0.39, 0.29) is 37.5 Å². The van der Waals surface area contributed by atoms with Gasteiger partial charge in [0.25, 0.3) is 0 Å². The minimum Gasteiger partial charge on any atom is -0.462 e. The summed E-state index contributed by atoms with van der Waals surface area (Å²) in [5.74, 6) is -0.981. The third-order valence-corrected chi connectivity index (χ3v) is 11.7. The van der Waals surface area contributed by atoms with Crippen molar-refractivity contribution in [1.82, 2.24) is 0 Å². The van der Waals surface area contributed by atoms with Gasteiger partial charge in [-0.3, -0.25) is 14.4 Å². The number of carbonyl (C=O) groups is 3. The third kappa shape index (κ3) is 51.7. The Kier molecular flexibility index (Phi) is 50.9. The van der Waals surface area contributed by atoms with Gasteiger partial charge in [-0.1, -0.05) is 216 Å². The van der Waals surface area contributed by atoms with E-state index >= 15 is 0 Å². The molecule has 0 aliphatic carbocycles. The van der Waals surface area contributed by atoms with E-state index in [1.165, 1.54) is 141 Å². The lowest BCUT2D eigenvalue weighted by Crippen LogP contribution is -2.30. The molecular weight excluding hydrogens is 805 g/mol. The van der Waals surface area contributed by atoms with Crippen LogP contribution in [-0.4, -0.2) is 37.2 Å². The molecule has 0 aromatic heterocycles. The fraction of sp³-hybridized carbons (Fsp3) is 0.746. The standard InChI is InChI=1S/C59H102O6/c1-4-7-10-13-16-19-22-25-27-29-31-34-37-40-43-46-49-52-58(61)64-55-56(54-63-57(60)51-48-45-42-39-36-33-24-21-18-15-12-9-6-3)65-59(62)53-50-47-44-41-38-35-32-30-28-26-23-20-17-14-11-8-5-2/h16-17,19-20,25-28,33,36,42,45,56H,4-15,18,21-24,29-32,34-35,37-41,43-44,46-55H2,1-3H3/b19-16-,20-17-,27-25-,28-26-,36-33-,45-42-. The molecule has 0 fully saturated rings. The van der Waals surface area contributed by atoms with Crippen molar-refractivity contribution in [2.24, 2.45) is 0 Å². The fourth-order valence-corrected chi connectivity index (χ4v) is 7.50. The molecule has 0 bridgehead atoms. The summed E-state index contributed by atoms with van der Waals surface area (Å²) < 4.78 is 16.8. The van der Waals surface area contributed by atoms with Crippen molar-refractivity contribution in [3.63, 3.8) is 0 Å². The maximum Gasteiger partial charge on any atom is 0.306 e. The van der Waals surface area contributed by atoms with E-state index in [2.05, 4.69) is 87.6 Å². The highest BCUT2D eigenvalue weighted by molar-refractivity contribution is 5.71. The third-order valence-electron chi connectivity index (χ3n) is 11.7. The fourth-order valence-electron chi connectivity index (χ4n) is 7.50. The minimum absolute atomic E-state index is 0.0997. The molecule has 65 heavy (non-hydrogen) atoms. The predicted molar refractivity (Wildman–Crippen MR) is 279 cm³/mol. The SMILES string of the molecule is CCCCC/C=C\C/C=C\CCCCCCCCCC(=O)OCC(COC(=O)CC/C=C\C/C=C\CCCCCCCC)OC(=O)CCCCCCCCC/C=C\C/C=C\CCCCC. The van der Waals surface area contributed by atoms with Gasteiger partial charge in [0.15, 0.2) is 6.10 Å². The van der Waals surface area contributed by atoms with Crippen LogP contribution in [0.25, 0.3) is 0 Å². The average Bonchev–Trinajstić information content (AvgIpc) is 3.30. The summed E-state index contributed by atoms with van der Waals surface area (Å²) in [6.07, 6.45) is 67.5. The van der Waals surface area contributed by atoms with Crippen LogP contribution in [0.1, 0.15) is 265 Å². The molecule has 6 heteroatoms. The summed E-state index contributed by atoms with van der Waals surface area (Å²) in [6.45, 7) is 6.52. The summed E-state index contributed by atoms with van der Waals surface area (Å²) in [5.41, 5.74) is 0. The Hall–Kier alpha value is -3.15. The van der Waals surface area contributed by atoms with Crippen molar-refractivity contribution in [3.8, 4) is 0 Å². The Morgan fingerprint density at radius 1 is 0.308 bits per heavy atom. The second-order valence-electron chi connectivity index (χ2n) is 18.1. The quantitative estimate of drug-likeness (QED) is 0.0262. The Morgan fingerprint density at radius 3 is 0.969 bits per heavy atom. The van der Waals surface area contributed by atoms with Gasteiger partial charge in [-0.15, -0.1) is 0 Å². The second kappa shape index (κ2) is 53.5. The Balaban J connectivity index is 4.45. The molecule has 374 valence electrons. The largest absolute Gasteiger partial charge is 0.462 e. The van der Waals surface area contributed by atoms with Gasteiger partial charge in [0.2, 0.25) is 0 Å². The lowest BCUT2D eigenvalue weighted by molar-refractivity contribution is -0.166. The molecule has 1 unspecified atom stereocenters. The number of rotatable bonds is 49. The number of carbonyl (C=O) groups excluding carboxylic acids is 3. The van der Waals surface area contributed by atoms with Crippen LogP contribution in [0, 0.1) is 0 Å². The van der Waals surface area contributed by atoms with Crippen molar-refractivity contribution < 1.29 is 28.6 Å². The van der Waals surface area contributed by atoms with E-state index in [0.29, 0.717) is 19.3 Å². The van der Waals surface area contributed by atoms with E-state index in [9.17, 15) is 14.4 Å². The van der Waals surface area contributed by atoms with Crippen molar-refractivity contribution in [1.29, 1.82) is 0 Å². The van der Waals surface area contributed by atoms with Gasteiger partial charge in [-0.2, -0.15) is 0 Å². The van der Waals surface area contributed by atoms with E-state index in [1.54, 1.807) is 0 Å². The molecule has 6 nitrogen and oxygen atoms in total. The lowest BCUT2D eigenvalue weighted by Gasteiger charge is -2.18. The van der Waals surface area contributed by atoms with Crippen molar-refractivity contribution in [3.05, 3.63) is 72.9 Å². The summed E-state index contributed by atoms with van der Waals surface area (Å²) in [6, 6.07) is 0. The number of hydrogen-bond acceptors (Lipinski definition) is 6. The highest BCUT2D eigenvalue weighted by Crippen LogP contribution is 2.14. The molecule has 0 N–H and O–H groups in total. The smallest absolute Gasteiger partial charge is 0.306 e. The van der Waals surface area contributed by atoms with Gasteiger partial charge in [0.05, 0.1) is 0 Å². The number of esters is 3. The van der Waals surface area contributed by atoms with Crippen LogP contribution < -0.4 is 0 Å². The highest BCUT2D eigenvalue weighted by atomic mass is 16.6. The zero-order chi connectivity index (χ0) is 47.2. The van der Waals surface area contributed by atoms with Crippen LogP contribution in [0.15, 0.2) is 72.9 Å². The number of ether oxygens (including phenoxy) is 3. The van der Waals surface area contributed by atoms with Crippen LogP contribution >= 0.6 is 0 Å². The predicted octanol–water partition coefficient (Wildman–Crippen LogP) is 18.2. The van der Waals surface area contributed by atoms with E-state index in [0.717, 1.165) is 77.0 Å². The summed E-state index contributed by atoms with van der Waals surface area (Å²) in [4.78, 5) is 38.0. The second-order valence-corrected chi connectivity index (χ2v) is 18.1. The first-order valence-corrected chi connectivity index (χ1v) is 27.4. The highest BCUT2D eigenvalue weighted by Gasteiger charge is 2.19. The molecule has 0 aromatic carbocycles. The molecule has 0 spiro atoms. The lowest BCUT2D eigenvalue weighted by atomic mass is 10.1. The van der Waals surface area contributed by atoms with Crippen LogP contribution in [0.4, 0.5) is 0 Å². The summed E-state index contributed by atoms with van der Waals surface area (Å²) in [5, 5.41) is 0.